The standard InChI is InChI=1S/C16H26FNO/c1-4-10-18-12-14-8-5-9-15(17)16(14)19-11-6-7-13(2)3/h5,8-9,13,18H,4,6-7,10-12H2,1-3H3. The van der Waals surface area contributed by atoms with Gasteiger partial charge < -0.3 is 10.1 Å². The van der Waals surface area contributed by atoms with Crippen LogP contribution < -0.4 is 10.1 Å². The van der Waals surface area contributed by atoms with E-state index in [1.54, 1.807) is 6.07 Å². The average molecular weight is 267 g/mol. The topological polar surface area (TPSA) is 21.3 Å². The summed E-state index contributed by atoms with van der Waals surface area (Å²) in [6, 6.07) is 5.11. The molecule has 0 heterocycles. The molecule has 1 aromatic rings. The monoisotopic (exact) mass is 267 g/mol. The molecule has 0 atom stereocenters. The molecule has 0 fully saturated rings. The summed E-state index contributed by atoms with van der Waals surface area (Å²) in [5, 5.41) is 3.28. The van der Waals surface area contributed by atoms with Gasteiger partial charge in [-0.25, -0.2) is 4.39 Å². The Morgan fingerprint density at radius 1 is 1.32 bits per heavy atom. The number of hydrogen-bond acceptors (Lipinski definition) is 2. The highest BCUT2D eigenvalue weighted by molar-refractivity contribution is 5.34. The van der Waals surface area contributed by atoms with Gasteiger partial charge in [-0.05, 0) is 37.8 Å². The maximum absolute atomic E-state index is 13.8. The van der Waals surface area contributed by atoms with E-state index in [-0.39, 0.29) is 5.82 Å². The molecule has 108 valence electrons. The summed E-state index contributed by atoms with van der Waals surface area (Å²) in [5.41, 5.74) is 0.901. The molecular formula is C16H26FNO. The molecule has 1 N–H and O–H groups in total. The van der Waals surface area contributed by atoms with Gasteiger partial charge in [0.25, 0.3) is 0 Å². The molecule has 0 aliphatic heterocycles. The molecule has 0 amide bonds. The van der Waals surface area contributed by atoms with Crippen LogP contribution in [0.5, 0.6) is 5.75 Å². The number of nitrogens with one attached hydrogen (secondary N) is 1. The summed E-state index contributed by atoms with van der Waals surface area (Å²) in [5.74, 6) is 0.810. The summed E-state index contributed by atoms with van der Waals surface area (Å²) in [7, 11) is 0. The highest BCUT2D eigenvalue weighted by Gasteiger charge is 2.09. The molecule has 0 saturated carbocycles. The van der Waals surface area contributed by atoms with Crippen LogP contribution in [0.3, 0.4) is 0 Å². The fourth-order valence-corrected chi connectivity index (χ4v) is 1.92. The Morgan fingerprint density at radius 3 is 2.79 bits per heavy atom. The highest BCUT2D eigenvalue weighted by atomic mass is 19.1. The summed E-state index contributed by atoms with van der Waals surface area (Å²) in [6.45, 7) is 8.66. The molecule has 3 heteroatoms. The lowest BCUT2D eigenvalue weighted by Crippen LogP contribution is -2.15. The minimum Gasteiger partial charge on any atom is -0.490 e. The second kappa shape index (κ2) is 8.92. The predicted octanol–water partition coefficient (Wildman–Crippen LogP) is 4.14. The number of hydrogen-bond donors (Lipinski definition) is 1. The molecule has 2 nitrogen and oxygen atoms in total. The summed E-state index contributed by atoms with van der Waals surface area (Å²) in [4.78, 5) is 0. The third-order valence-electron chi connectivity index (χ3n) is 2.96. The van der Waals surface area contributed by atoms with Gasteiger partial charge in [-0.2, -0.15) is 0 Å². The Labute approximate surface area is 116 Å². The zero-order valence-electron chi connectivity index (χ0n) is 12.3. The van der Waals surface area contributed by atoms with Crippen molar-refractivity contribution in [2.24, 2.45) is 5.92 Å². The molecule has 0 unspecified atom stereocenters. The molecule has 0 saturated heterocycles. The Hall–Kier alpha value is -1.09. The Morgan fingerprint density at radius 2 is 2.11 bits per heavy atom. The fraction of sp³-hybridized carbons (Fsp3) is 0.625. The smallest absolute Gasteiger partial charge is 0.165 e. The molecule has 0 radical (unpaired) electrons. The molecule has 0 bridgehead atoms. The van der Waals surface area contributed by atoms with E-state index in [2.05, 4.69) is 26.1 Å². The SMILES string of the molecule is CCCNCc1cccc(F)c1OCCCC(C)C. The maximum Gasteiger partial charge on any atom is 0.165 e. The normalized spacial score (nSPS) is 11.0. The summed E-state index contributed by atoms with van der Waals surface area (Å²) < 4.78 is 19.4. The van der Waals surface area contributed by atoms with E-state index in [9.17, 15) is 4.39 Å². The van der Waals surface area contributed by atoms with Crippen molar-refractivity contribution in [2.75, 3.05) is 13.2 Å². The maximum atomic E-state index is 13.8. The lowest BCUT2D eigenvalue weighted by Gasteiger charge is -2.13. The average Bonchev–Trinajstić information content (AvgIpc) is 2.37. The largest absolute Gasteiger partial charge is 0.490 e. The second-order valence-corrected chi connectivity index (χ2v) is 5.29. The highest BCUT2D eigenvalue weighted by Crippen LogP contribution is 2.23. The number of para-hydroxylation sites is 1. The van der Waals surface area contributed by atoms with Gasteiger partial charge in [-0.1, -0.05) is 32.9 Å². The zero-order chi connectivity index (χ0) is 14.1. The van der Waals surface area contributed by atoms with Crippen LogP contribution in [0.1, 0.15) is 45.6 Å². The van der Waals surface area contributed by atoms with Crippen molar-refractivity contribution in [2.45, 2.75) is 46.6 Å². The van der Waals surface area contributed by atoms with Crippen LogP contribution in [0.15, 0.2) is 18.2 Å². The number of rotatable bonds is 9. The van der Waals surface area contributed by atoms with Gasteiger partial charge in [0.1, 0.15) is 0 Å². The van der Waals surface area contributed by atoms with E-state index in [4.69, 9.17) is 4.74 Å². The Balaban J connectivity index is 2.53. The first-order chi connectivity index (χ1) is 9.15. The van der Waals surface area contributed by atoms with Crippen LogP contribution >= 0.6 is 0 Å². The lowest BCUT2D eigenvalue weighted by molar-refractivity contribution is 0.280. The third-order valence-corrected chi connectivity index (χ3v) is 2.96. The molecule has 1 aromatic carbocycles. The van der Waals surface area contributed by atoms with E-state index in [0.29, 0.717) is 24.8 Å². The predicted molar refractivity (Wildman–Crippen MR) is 78.0 cm³/mol. The van der Waals surface area contributed by atoms with Crippen molar-refractivity contribution in [3.05, 3.63) is 29.6 Å². The van der Waals surface area contributed by atoms with E-state index in [1.165, 1.54) is 6.07 Å². The van der Waals surface area contributed by atoms with Crippen LogP contribution in [-0.4, -0.2) is 13.2 Å². The Bertz CT molecular complexity index is 366. The third kappa shape index (κ3) is 6.06. The first-order valence-electron chi connectivity index (χ1n) is 7.26. The van der Waals surface area contributed by atoms with Gasteiger partial charge in [0, 0.05) is 12.1 Å². The zero-order valence-corrected chi connectivity index (χ0v) is 12.3. The summed E-state index contributed by atoms with van der Waals surface area (Å²) in [6.07, 6.45) is 3.14. The van der Waals surface area contributed by atoms with Crippen LogP contribution in [0.2, 0.25) is 0 Å². The minimum absolute atomic E-state index is 0.264. The van der Waals surface area contributed by atoms with Crippen molar-refractivity contribution in [1.29, 1.82) is 0 Å². The molecule has 0 aliphatic rings. The fourth-order valence-electron chi connectivity index (χ4n) is 1.92. The minimum atomic E-state index is -0.264. The molecule has 19 heavy (non-hydrogen) atoms. The molecule has 0 spiro atoms. The lowest BCUT2D eigenvalue weighted by atomic mass is 10.1. The van der Waals surface area contributed by atoms with E-state index >= 15 is 0 Å². The first-order valence-corrected chi connectivity index (χ1v) is 7.26. The van der Waals surface area contributed by atoms with Gasteiger partial charge >= 0.3 is 0 Å². The number of ether oxygens (including phenoxy) is 1. The van der Waals surface area contributed by atoms with Crippen LogP contribution in [0, 0.1) is 11.7 Å². The van der Waals surface area contributed by atoms with E-state index in [1.807, 2.05) is 6.07 Å². The van der Waals surface area contributed by atoms with Crippen molar-refractivity contribution in [3.8, 4) is 5.75 Å². The number of benzene rings is 1. The van der Waals surface area contributed by atoms with Gasteiger partial charge in [-0.15, -0.1) is 0 Å². The van der Waals surface area contributed by atoms with Gasteiger partial charge in [0.05, 0.1) is 6.61 Å². The molecule has 1 rings (SSSR count). The number of halogens is 1. The molecule has 0 aromatic heterocycles. The van der Waals surface area contributed by atoms with E-state index in [0.717, 1.165) is 31.4 Å². The molecular weight excluding hydrogens is 241 g/mol. The molecule has 0 aliphatic carbocycles. The van der Waals surface area contributed by atoms with Crippen LogP contribution in [-0.2, 0) is 6.54 Å². The Kier molecular flexibility index (Phi) is 7.49. The van der Waals surface area contributed by atoms with Crippen LogP contribution in [0.25, 0.3) is 0 Å². The quantitative estimate of drug-likeness (QED) is 0.679. The van der Waals surface area contributed by atoms with Gasteiger partial charge in [-0.3, -0.25) is 0 Å². The van der Waals surface area contributed by atoms with Gasteiger partial charge in [0.15, 0.2) is 11.6 Å². The van der Waals surface area contributed by atoms with Crippen molar-refractivity contribution >= 4 is 0 Å². The van der Waals surface area contributed by atoms with Crippen LogP contribution in [0.4, 0.5) is 4.39 Å². The van der Waals surface area contributed by atoms with Crippen molar-refractivity contribution < 1.29 is 9.13 Å². The van der Waals surface area contributed by atoms with Crippen molar-refractivity contribution in [3.63, 3.8) is 0 Å². The van der Waals surface area contributed by atoms with E-state index < -0.39 is 0 Å². The second-order valence-electron chi connectivity index (χ2n) is 5.29. The van der Waals surface area contributed by atoms with Crippen molar-refractivity contribution in [1.82, 2.24) is 5.32 Å². The first kappa shape index (κ1) is 16.0. The summed E-state index contributed by atoms with van der Waals surface area (Å²) >= 11 is 0. The van der Waals surface area contributed by atoms with Gasteiger partial charge in [0.2, 0.25) is 0 Å².